The van der Waals surface area contributed by atoms with Crippen molar-refractivity contribution in [3.63, 3.8) is 0 Å². The first-order valence-electron chi connectivity index (χ1n) is 13.0. The Hall–Kier alpha value is -3.01. The number of halogens is 1. The van der Waals surface area contributed by atoms with Crippen molar-refractivity contribution in [2.75, 3.05) is 18.5 Å². The van der Waals surface area contributed by atoms with Crippen molar-refractivity contribution in [2.45, 2.75) is 71.3 Å². The minimum absolute atomic E-state index is 0.00897. The number of amides is 1. The molecule has 9 nitrogen and oxygen atoms in total. The Kier molecular flexibility index (Phi) is 9.02. The monoisotopic (exact) mass is 541 g/mol. The summed E-state index contributed by atoms with van der Waals surface area (Å²) >= 11 is 6.42. The number of hydrogen-bond donors (Lipinski definition) is 1. The zero-order valence-electron chi connectivity index (χ0n) is 22.4. The highest BCUT2D eigenvalue weighted by Gasteiger charge is 2.40. The van der Waals surface area contributed by atoms with E-state index in [1.54, 1.807) is 27.1 Å². The molecule has 1 aliphatic carbocycles. The molecule has 4 rings (SSSR count). The molecule has 0 saturated heterocycles. The topological polar surface area (TPSA) is 100 Å². The Morgan fingerprint density at radius 2 is 2.00 bits per heavy atom. The molecule has 38 heavy (non-hydrogen) atoms. The molecule has 1 aromatic carbocycles. The number of rotatable bonds is 10. The second-order valence-corrected chi connectivity index (χ2v) is 10.8. The van der Waals surface area contributed by atoms with Crippen LogP contribution >= 0.6 is 11.6 Å². The molecule has 1 N–H and O–H groups in total. The molecule has 10 heteroatoms. The molecule has 2 heterocycles. The molecule has 3 aromatic rings. The Labute approximate surface area is 228 Å². The fourth-order valence-electron chi connectivity index (χ4n) is 4.53. The molecule has 1 aliphatic rings. The zero-order chi connectivity index (χ0) is 27.3. The van der Waals surface area contributed by atoms with Gasteiger partial charge in [-0.2, -0.15) is 9.97 Å². The number of imidazole rings is 1. The van der Waals surface area contributed by atoms with Gasteiger partial charge in [-0.15, -0.1) is 0 Å². The van der Waals surface area contributed by atoms with Crippen LogP contribution in [0, 0.1) is 5.92 Å². The Morgan fingerprint density at radius 3 is 2.71 bits per heavy atom. The van der Waals surface area contributed by atoms with Gasteiger partial charge in [0.05, 0.1) is 31.7 Å². The van der Waals surface area contributed by atoms with E-state index in [1.807, 2.05) is 34.9 Å². The second-order valence-electron chi connectivity index (χ2n) is 10.5. The summed E-state index contributed by atoms with van der Waals surface area (Å²) in [5.41, 5.74) is 2.39. The van der Waals surface area contributed by atoms with Gasteiger partial charge in [0.25, 0.3) is 0 Å². The van der Waals surface area contributed by atoms with E-state index >= 15 is 0 Å². The van der Waals surface area contributed by atoms with E-state index in [1.165, 1.54) is 0 Å². The molecule has 0 aliphatic heterocycles. The molecule has 1 amide bonds. The SMILES string of the molecule is C=C1[C@H](COCc2ccccc2)[C@@H](OCCCC)C[C@@H]1n1cnc2c(Cl)nc(NC(=O)OC(C)(C)C)nc21. The number of carbonyl (C=O) groups is 1. The lowest BCUT2D eigenvalue weighted by Gasteiger charge is -2.21. The molecule has 1 saturated carbocycles. The first-order valence-corrected chi connectivity index (χ1v) is 13.4. The van der Waals surface area contributed by atoms with Crippen LogP contribution in [0.25, 0.3) is 11.2 Å². The summed E-state index contributed by atoms with van der Waals surface area (Å²) in [4.78, 5) is 25.5. The number of anilines is 1. The van der Waals surface area contributed by atoms with E-state index in [9.17, 15) is 4.79 Å². The van der Waals surface area contributed by atoms with Gasteiger partial charge in [0.15, 0.2) is 10.8 Å². The van der Waals surface area contributed by atoms with E-state index in [0.29, 0.717) is 37.4 Å². The Balaban J connectivity index is 1.55. The predicted molar refractivity (Wildman–Crippen MR) is 147 cm³/mol. The van der Waals surface area contributed by atoms with Crippen LogP contribution in [0.3, 0.4) is 0 Å². The van der Waals surface area contributed by atoms with Gasteiger partial charge in [0.1, 0.15) is 11.1 Å². The number of aromatic nitrogens is 4. The number of hydrogen-bond acceptors (Lipinski definition) is 7. The van der Waals surface area contributed by atoms with Gasteiger partial charge in [0, 0.05) is 12.5 Å². The largest absolute Gasteiger partial charge is 0.444 e. The first kappa shape index (κ1) is 28.0. The minimum Gasteiger partial charge on any atom is -0.444 e. The molecule has 0 radical (unpaired) electrons. The smallest absolute Gasteiger partial charge is 0.414 e. The standard InChI is InChI=1S/C28H36ClN5O4/c1-6-7-13-37-22-14-21(18(2)20(22)16-36-15-19-11-9-8-10-12-19)34-17-30-23-24(29)31-26(32-25(23)34)33-27(35)38-28(3,4)5/h8-12,17,20-22H,2,6-7,13-16H2,1,3-5H3,(H,31,32,33,35)/t20-,21-,22-/m0/s1. The number of fused-ring (bicyclic) bond motifs is 1. The fourth-order valence-corrected chi connectivity index (χ4v) is 4.74. The third kappa shape index (κ3) is 6.89. The van der Waals surface area contributed by atoms with Gasteiger partial charge in [-0.3, -0.25) is 5.32 Å². The minimum atomic E-state index is -0.663. The lowest BCUT2D eigenvalue weighted by atomic mass is 10.0. The second kappa shape index (κ2) is 12.2. The van der Waals surface area contributed by atoms with E-state index < -0.39 is 11.7 Å². The number of nitrogens with zero attached hydrogens (tertiary/aromatic N) is 4. The quantitative estimate of drug-likeness (QED) is 0.181. The van der Waals surface area contributed by atoms with Crippen LogP contribution in [0.15, 0.2) is 48.8 Å². The van der Waals surface area contributed by atoms with E-state index in [2.05, 4.69) is 33.8 Å². The molecule has 0 bridgehead atoms. The molecule has 2 aromatic heterocycles. The molecular formula is C28H36ClN5O4. The summed E-state index contributed by atoms with van der Waals surface area (Å²) in [6.45, 7) is 13.6. The van der Waals surface area contributed by atoms with E-state index in [4.69, 9.17) is 25.8 Å². The van der Waals surface area contributed by atoms with Gasteiger partial charge in [-0.1, -0.05) is 61.9 Å². The summed E-state index contributed by atoms with van der Waals surface area (Å²) < 4.78 is 19.7. The average Bonchev–Trinajstić information content (AvgIpc) is 3.40. The van der Waals surface area contributed by atoms with Crippen molar-refractivity contribution >= 4 is 34.8 Å². The van der Waals surface area contributed by atoms with Gasteiger partial charge in [-0.25, -0.2) is 9.78 Å². The van der Waals surface area contributed by atoms with Crippen molar-refractivity contribution in [3.05, 3.63) is 59.5 Å². The molecule has 1 fully saturated rings. The average molecular weight is 542 g/mol. The van der Waals surface area contributed by atoms with Crippen LogP contribution in [0.2, 0.25) is 5.15 Å². The van der Waals surface area contributed by atoms with Gasteiger partial charge >= 0.3 is 6.09 Å². The molecule has 0 unspecified atom stereocenters. The van der Waals surface area contributed by atoms with Crippen molar-refractivity contribution in [3.8, 4) is 0 Å². The number of nitrogens with one attached hydrogen (secondary N) is 1. The Bertz CT molecular complexity index is 1260. The van der Waals surface area contributed by atoms with Crippen LogP contribution in [0.1, 0.15) is 58.6 Å². The highest BCUT2D eigenvalue weighted by molar-refractivity contribution is 6.33. The van der Waals surface area contributed by atoms with Crippen molar-refractivity contribution in [2.24, 2.45) is 5.92 Å². The molecule has 0 spiro atoms. The highest BCUT2D eigenvalue weighted by Crippen LogP contribution is 2.42. The van der Waals surface area contributed by atoms with Crippen LogP contribution < -0.4 is 5.32 Å². The van der Waals surface area contributed by atoms with Crippen LogP contribution in [-0.2, 0) is 20.8 Å². The highest BCUT2D eigenvalue weighted by atomic mass is 35.5. The number of benzene rings is 1. The molecule has 204 valence electrons. The fraction of sp³-hybridized carbons (Fsp3) is 0.500. The van der Waals surface area contributed by atoms with Crippen LogP contribution in [0.4, 0.5) is 10.7 Å². The summed E-state index contributed by atoms with van der Waals surface area (Å²) in [5.74, 6) is 0.0512. The maximum absolute atomic E-state index is 12.3. The zero-order valence-corrected chi connectivity index (χ0v) is 23.2. The molecule has 3 atom stereocenters. The lowest BCUT2D eigenvalue weighted by Crippen LogP contribution is -2.27. The van der Waals surface area contributed by atoms with Gasteiger partial charge in [0.2, 0.25) is 5.95 Å². The van der Waals surface area contributed by atoms with Crippen LogP contribution in [-0.4, -0.2) is 50.5 Å². The van der Waals surface area contributed by atoms with Gasteiger partial charge in [-0.05, 0) is 44.7 Å². The first-order chi connectivity index (χ1) is 18.2. The summed E-state index contributed by atoms with van der Waals surface area (Å²) in [5, 5.41) is 2.71. The van der Waals surface area contributed by atoms with Crippen molar-refractivity contribution < 1.29 is 19.0 Å². The third-order valence-electron chi connectivity index (χ3n) is 6.37. The van der Waals surface area contributed by atoms with Gasteiger partial charge < -0.3 is 18.8 Å². The maximum Gasteiger partial charge on any atom is 0.414 e. The van der Waals surface area contributed by atoms with Crippen molar-refractivity contribution in [1.82, 2.24) is 19.5 Å². The van der Waals surface area contributed by atoms with Crippen LogP contribution in [0.5, 0.6) is 0 Å². The number of ether oxygens (including phenoxy) is 3. The third-order valence-corrected chi connectivity index (χ3v) is 6.64. The van der Waals surface area contributed by atoms with E-state index in [0.717, 1.165) is 24.0 Å². The summed E-state index contributed by atoms with van der Waals surface area (Å²) in [7, 11) is 0. The molecular weight excluding hydrogens is 506 g/mol. The maximum atomic E-state index is 12.3. The number of carbonyl (C=O) groups excluding carboxylic acids is 1. The summed E-state index contributed by atoms with van der Waals surface area (Å²) in [6, 6.07) is 9.96. The predicted octanol–water partition coefficient (Wildman–Crippen LogP) is 6.35. The van der Waals surface area contributed by atoms with E-state index in [-0.39, 0.29) is 29.2 Å². The normalized spacial score (nSPS) is 19.7. The lowest BCUT2D eigenvalue weighted by molar-refractivity contribution is -0.00463. The summed E-state index contributed by atoms with van der Waals surface area (Å²) in [6.07, 6.45) is 3.72. The number of unbranched alkanes of at least 4 members (excludes halogenated alkanes) is 1. The van der Waals surface area contributed by atoms with Crippen molar-refractivity contribution in [1.29, 1.82) is 0 Å². The Morgan fingerprint density at radius 1 is 1.24 bits per heavy atom.